The predicted octanol–water partition coefficient (Wildman–Crippen LogP) is 1.05. The Bertz CT molecular complexity index is 526. The molecule has 0 saturated carbocycles. The molecule has 0 fully saturated rings. The van der Waals surface area contributed by atoms with Crippen LogP contribution in [0.3, 0.4) is 0 Å². The third kappa shape index (κ3) is 2.18. The van der Waals surface area contributed by atoms with Gasteiger partial charge in [0.2, 0.25) is 5.82 Å². The minimum atomic E-state index is -0.566. The van der Waals surface area contributed by atoms with Gasteiger partial charge in [-0.25, -0.2) is 19.4 Å². The Morgan fingerprint density at radius 1 is 1.56 bits per heavy atom. The molecule has 0 unspecified atom stereocenters. The first-order chi connectivity index (χ1) is 7.70. The molecule has 2 aromatic rings. The topological polar surface area (TPSA) is 69.9 Å². The van der Waals surface area contributed by atoms with Crippen molar-refractivity contribution >= 4 is 28.6 Å². The Balaban J connectivity index is 2.39. The van der Waals surface area contributed by atoms with Crippen LogP contribution in [0, 0.1) is 3.57 Å². The number of ether oxygens (including phenoxy) is 1. The molecule has 0 aromatic carbocycles. The van der Waals surface area contributed by atoms with Crippen LogP contribution in [0.25, 0.3) is 5.82 Å². The fraction of sp³-hybridized carbons (Fsp3) is 0.111. The van der Waals surface area contributed by atoms with Gasteiger partial charge in [-0.3, -0.25) is 0 Å². The van der Waals surface area contributed by atoms with Gasteiger partial charge in [0.05, 0.1) is 16.9 Å². The van der Waals surface area contributed by atoms with Crippen molar-refractivity contribution in [3.8, 4) is 5.82 Å². The van der Waals surface area contributed by atoms with E-state index in [1.165, 1.54) is 13.3 Å². The number of hydrogen-bond acceptors (Lipinski definition) is 5. The number of aromatic nitrogens is 4. The number of hydrogen-bond donors (Lipinski definition) is 0. The Kier molecular flexibility index (Phi) is 3.13. The van der Waals surface area contributed by atoms with Crippen molar-refractivity contribution in [2.45, 2.75) is 0 Å². The molecule has 0 aliphatic heterocycles. The summed E-state index contributed by atoms with van der Waals surface area (Å²) in [5, 5.41) is 4.08. The van der Waals surface area contributed by atoms with Crippen molar-refractivity contribution < 1.29 is 9.53 Å². The summed E-state index contributed by atoms with van der Waals surface area (Å²) in [6.07, 6.45) is 4.98. The minimum absolute atomic E-state index is 0.0190. The minimum Gasteiger partial charge on any atom is -0.463 e. The fourth-order valence-corrected chi connectivity index (χ4v) is 1.48. The molecule has 2 heterocycles. The molecule has 0 N–H and O–H groups in total. The van der Waals surface area contributed by atoms with Crippen molar-refractivity contribution in [1.29, 1.82) is 0 Å². The van der Waals surface area contributed by atoms with Crippen LogP contribution in [-0.4, -0.2) is 32.8 Å². The summed E-state index contributed by atoms with van der Waals surface area (Å²) in [5.74, 6) is -0.0208. The largest absolute Gasteiger partial charge is 0.463 e. The maximum Gasteiger partial charge on any atom is 0.376 e. The van der Waals surface area contributed by atoms with Crippen LogP contribution in [-0.2, 0) is 4.74 Å². The number of rotatable bonds is 2. The molecule has 0 radical (unpaired) electrons. The van der Waals surface area contributed by atoms with Crippen LogP contribution in [0.2, 0.25) is 0 Å². The highest BCUT2D eigenvalue weighted by atomic mass is 127. The molecular weight excluding hydrogens is 323 g/mol. The molecule has 0 bridgehead atoms. The second-order valence-electron chi connectivity index (χ2n) is 2.83. The van der Waals surface area contributed by atoms with E-state index < -0.39 is 5.97 Å². The monoisotopic (exact) mass is 330 g/mol. The van der Waals surface area contributed by atoms with E-state index in [9.17, 15) is 4.79 Å². The first-order valence-corrected chi connectivity index (χ1v) is 5.40. The normalized spacial score (nSPS) is 10.1. The summed E-state index contributed by atoms with van der Waals surface area (Å²) in [7, 11) is 1.29. The van der Waals surface area contributed by atoms with Crippen LogP contribution in [0.1, 0.15) is 10.6 Å². The number of halogens is 1. The van der Waals surface area contributed by atoms with Crippen LogP contribution in [0.5, 0.6) is 0 Å². The van der Waals surface area contributed by atoms with Crippen molar-refractivity contribution in [1.82, 2.24) is 19.7 Å². The highest BCUT2D eigenvalue weighted by Gasteiger charge is 2.10. The Labute approximate surface area is 105 Å². The van der Waals surface area contributed by atoms with Gasteiger partial charge in [0.15, 0.2) is 5.82 Å². The molecule has 6 nitrogen and oxygen atoms in total. The fourth-order valence-electron chi connectivity index (χ4n) is 1.09. The maximum atomic E-state index is 11.2. The summed E-state index contributed by atoms with van der Waals surface area (Å²) < 4.78 is 7.08. The highest BCUT2D eigenvalue weighted by molar-refractivity contribution is 14.1. The van der Waals surface area contributed by atoms with Gasteiger partial charge in [0, 0.05) is 18.5 Å². The van der Waals surface area contributed by atoms with Gasteiger partial charge in [0.1, 0.15) is 0 Å². The summed E-state index contributed by atoms with van der Waals surface area (Å²) in [4.78, 5) is 19.1. The summed E-state index contributed by atoms with van der Waals surface area (Å²) in [6, 6.07) is 1.66. The summed E-state index contributed by atoms with van der Waals surface area (Å²) in [6.45, 7) is 0. The first-order valence-electron chi connectivity index (χ1n) is 4.32. The Morgan fingerprint density at radius 3 is 3.00 bits per heavy atom. The Hall–Kier alpha value is -1.51. The van der Waals surface area contributed by atoms with E-state index in [0.717, 1.165) is 3.57 Å². The smallest absolute Gasteiger partial charge is 0.376 e. The average Bonchev–Trinajstić information content (AvgIpc) is 2.75. The van der Waals surface area contributed by atoms with E-state index in [0.29, 0.717) is 5.82 Å². The van der Waals surface area contributed by atoms with Gasteiger partial charge < -0.3 is 4.74 Å². The number of carbonyl (C=O) groups excluding carboxylic acids is 1. The van der Waals surface area contributed by atoms with E-state index >= 15 is 0 Å². The lowest BCUT2D eigenvalue weighted by Gasteiger charge is -2.01. The van der Waals surface area contributed by atoms with Gasteiger partial charge in [0.25, 0.3) is 0 Å². The van der Waals surface area contributed by atoms with E-state index in [4.69, 9.17) is 0 Å². The zero-order valence-corrected chi connectivity index (χ0v) is 10.5. The molecule has 0 aliphatic rings. The molecule has 0 atom stereocenters. The van der Waals surface area contributed by atoms with Crippen LogP contribution in [0.15, 0.2) is 24.7 Å². The molecule has 0 aliphatic carbocycles. The van der Waals surface area contributed by atoms with Crippen molar-refractivity contribution in [3.63, 3.8) is 0 Å². The molecular formula is C9H7IN4O2. The summed E-state index contributed by atoms with van der Waals surface area (Å²) >= 11 is 2.14. The zero-order chi connectivity index (χ0) is 11.5. The third-order valence-corrected chi connectivity index (χ3v) is 2.35. The first kappa shape index (κ1) is 11.0. The van der Waals surface area contributed by atoms with Gasteiger partial charge in [-0.05, 0) is 22.6 Å². The maximum absolute atomic E-state index is 11.2. The zero-order valence-electron chi connectivity index (χ0n) is 8.29. The molecule has 2 aromatic heterocycles. The number of methoxy groups -OCH3 is 1. The molecule has 7 heteroatoms. The average molecular weight is 330 g/mol. The number of nitrogens with zero attached hydrogens (tertiary/aromatic N) is 4. The molecule has 0 spiro atoms. The standard InChI is InChI=1S/C9H7IN4O2/c1-16-9(15)8-11-3-2-7(13-8)14-5-6(10)4-12-14/h2-5H,1H3. The van der Waals surface area contributed by atoms with Crippen LogP contribution in [0.4, 0.5) is 0 Å². The molecule has 82 valence electrons. The van der Waals surface area contributed by atoms with E-state index in [1.807, 2.05) is 0 Å². The SMILES string of the molecule is COC(=O)c1nccc(-n2cc(I)cn2)n1. The van der Waals surface area contributed by atoms with Crippen molar-refractivity contribution in [2.75, 3.05) is 7.11 Å². The van der Waals surface area contributed by atoms with Crippen LogP contribution < -0.4 is 0 Å². The quantitative estimate of drug-likeness (QED) is 0.608. The second-order valence-corrected chi connectivity index (χ2v) is 4.08. The van der Waals surface area contributed by atoms with Gasteiger partial charge in [-0.2, -0.15) is 5.10 Å². The lowest BCUT2D eigenvalue weighted by atomic mass is 10.5. The van der Waals surface area contributed by atoms with E-state index in [1.54, 1.807) is 23.1 Å². The second kappa shape index (κ2) is 4.56. The van der Waals surface area contributed by atoms with Gasteiger partial charge in [-0.15, -0.1) is 0 Å². The van der Waals surface area contributed by atoms with Gasteiger partial charge in [-0.1, -0.05) is 0 Å². The third-order valence-electron chi connectivity index (χ3n) is 1.79. The molecule has 0 amide bonds. The van der Waals surface area contributed by atoms with E-state index in [-0.39, 0.29) is 5.82 Å². The Morgan fingerprint density at radius 2 is 2.38 bits per heavy atom. The predicted molar refractivity (Wildman–Crippen MR) is 63.2 cm³/mol. The number of esters is 1. The molecule has 0 saturated heterocycles. The van der Waals surface area contributed by atoms with Crippen LogP contribution >= 0.6 is 22.6 Å². The highest BCUT2D eigenvalue weighted by Crippen LogP contribution is 2.07. The molecule has 2 rings (SSSR count). The number of carbonyl (C=O) groups is 1. The lowest BCUT2D eigenvalue weighted by molar-refractivity contribution is 0.0586. The van der Waals surface area contributed by atoms with Crippen molar-refractivity contribution in [3.05, 3.63) is 34.1 Å². The van der Waals surface area contributed by atoms with Crippen molar-refractivity contribution in [2.24, 2.45) is 0 Å². The van der Waals surface area contributed by atoms with E-state index in [2.05, 4.69) is 42.4 Å². The lowest BCUT2D eigenvalue weighted by Crippen LogP contribution is -2.09. The summed E-state index contributed by atoms with van der Waals surface area (Å²) in [5.41, 5.74) is 0. The molecule has 16 heavy (non-hydrogen) atoms. The van der Waals surface area contributed by atoms with Gasteiger partial charge >= 0.3 is 5.97 Å².